The van der Waals surface area contributed by atoms with Crippen LogP contribution >= 0.6 is 24.0 Å². The zero-order valence-corrected chi connectivity index (χ0v) is 15.9. The fourth-order valence-electron chi connectivity index (χ4n) is 2.97. The summed E-state index contributed by atoms with van der Waals surface area (Å²) in [6.07, 6.45) is 3.77. The Morgan fingerprint density at radius 3 is 2.80 bits per heavy atom. The number of hydrogen-bond acceptors (Lipinski definition) is 4. The minimum atomic E-state index is -0.136. The van der Waals surface area contributed by atoms with Crippen molar-refractivity contribution in [2.24, 2.45) is 0 Å². The van der Waals surface area contributed by atoms with Crippen LogP contribution in [0.15, 0.2) is 30.5 Å². The molecule has 1 aliphatic rings. The first-order valence-electron chi connectivity index (χ1n) is 8.21. The molecule has 2 aromatic rings. The maximum absolute atomic E-state index is 12.7. The van der Waals surface area contributed by atoms with E-state index < -0.39 is 0 Å². The first kappa shape index (κ1) is 19.7. The Balaban J connectivity index is 0.00000225. The van der Waals surface area contributed by atoms with Crippen LogP contribution in [0.25, 0.3) is 0 Å². The Morgan fingerprint density at radius 1 is 1.40 bits per heavy atom. The molecule has 8 heteroatoms. The van der Waals surface area contributed by atoms with Crippen LogP contribution in [-0.2, 0) is 0 Å². The summed E-state index contributed by atoms with van der Waals surface area (Å²) in [5, 5.41) is 12.2. The molecule has 1 aromatic heterocycles. The van der Waals surface area contributed by atoms with E-state index in [2.05, 4.69) is 15.6 Å². The summed E-state index contributed by atoms with van der Waals surface area (Å²) in [5.41, 5.74) is 1.37. The Labute approximate surface area is 158 Å². The molecule has 2 heterocycles. The molecular formula is C17H23Cl2N5O. The Morgan fingerprint density at radius 2 is 2.12 bits per heavy atom. The number of benzene rings is 1. The van der Waals surface area contributed by atoms with Crippen molar-refractivity contribution >= 4 is 29.9 Å². The number of hydrogen-bond donors (Lipinski definition) is 1. The number of piperidine rings is 1. The van der Waals surface area contributed by atoms with Crippen molar-refractivity contribution in [3.05, 3.63) is 46.7 Å². The van der Waals surface area contributed by atoms with Gasteiger partial charge in [0.05, 0.1) is 18.3 Å². The van der Waals surface area contributed by atoms with E-state index in [9.17, 15) is 4.79 Å². The van der Waals surface area contributed by atoms with Gasteiger partial charge >= 0.3 is 0 Å². The molecule has 25 heavy (non-hydrogen) atoms. The molecule has 1 aliphatic heterocycles. The third-order valence-electron chi connectivity index (χ3n) is 4.64. The van der Waals surface area contributed by atoms with E-state index in [0.29, 0.717) is 16.8 Å². The number of rotatable bonds is 4. The average molecular weight is 384 g/mol. The van der Waals surface area contributed by atoms with Crippen molar-refractivity contribution < 1.29 is 4.79 Å². The van der Waals surface area contributed by atoms with Crippen LogP contribution in [0.4, 0.5) is 0 Å². The number of aromatic nitrogens is 3. The second-order valence-corrected chi connectivity index (χ2v) is 6.65. The van der Waals surface area contributed by atoms with Crippen LogP contribution in [0.1, 0.15) is 47.9 Å². The van der Waals surface area contributed by atoms with E-state index in [1.807, 2.05) is 35.9 Å². The molecule has 1 aromatic carbocycles. The molecule has 0 radical (unpaired) electrons. The van der Waals surface area contributed by atoms with Gasteiger partial charge in [0.25, 0.3) is 5.91 Å². The number of halogens is 2. The minimum Gasteiger partial charge on any atom is -0.334 e. The summed E-state index contributed by atoms with van der Waals surface area (Å²) in [7, 11) is 1.78. The lowest BCUT2D eigenvalue weighted by molar-refractivity contribution is 0.0736. The molecule has 0 bridgehead atoms. The summed E-state index contributed by atoms with van der Waals surface area (Å²) in [6.45, 7) is 3.92. The number of nitrogens with one attached hydrogen (secondary N) is 1. The molecule has 1 N–H and O–H groups in total. The van der Waals surface area contributed by atoms with Gasteiger partial charge in [-0.25, -0.2) is 4.68 Å². The SMILES string of the molecule is CC(c1cccc(Cl)c1)N(C)C(=O)c1cn(C2CCNCC2)nn1.Cl. The number of carbonyl (C=O) groups is 1. The molecule has 0 aliphatic carbocycles. The highest BCUT2D eigenvalue weighted by Crippen LogP contribution is 2.23. The molecule has 3 rings (SSSR count). The second kappa shape index (κ2) is 8.65. The predicted molar refractivity (Wildman–Crippen MR) is 100 cm³/mol. The van der Waals surface area contributed by atoms with E-state index >= 15 is 0 Å². The van der Waals surface area contributed by atoms with Crippen LogP contribution in [0.5, 0.6) is 0 Å². The highest BCUT2D eigenvalue weighted by molar-refractivity contribution is 6.30. The highest BCUT2D eigenvalue weighted by atomic mass is 35.5. The lowest BCUT2D eigenvalue weighted by atomic mass is 10.1. The smallest absolute Gasteiger partial charge is 0.276 e. The van der Waals surface area contributed by atoms with Gasteiger partial charge in [-0.2, -0.15) is 0 Å². The zero-order valence-electron chi connectivity index (χ0n) is 14.4. The molecule has 136 valence electrons. The fourth-order valence-corrected chi connectivity index (χ4v) is 3.17. The quantitative estimate of drug-likeness (QED) is 0.880. The van der Waals surface area contributed by atoms with Crippen molar-refractivity contribution in [3.63, 3.8) is 0 Å². The summed E-state index contributed by atoms with van der Waals surface area (Å²) in [5.74, 6) is -0.136. The van der Waals surface area contributed by atoms with Gasteiger partial charge in [0, 0.05) is 12.1 Å². The van der Waals surface area contributed by atoms with Crippen molar-refractivity contribution in [1.29, 1.82) is 0 Å². The minimum absolute atomic E-state index is 0. The topological polar surface area (TPSA) is 63.1 Å². The van der Waals surface area contributed by atoms with Crippen LogP contribution in [0, 0.1) is 0 Å². The van der Waals surface area contributed by atoms with E-state index in [-0.39, 0.29) is 24.4 Å². The lowest BCUT2D eigenvalue weighted by Crippen LogP contribution is -2.30. The summed E-state index contributed by atoms with van der Waals surface area (Å²) in [6, 6.07) is 7.77. The normalized spacial score (nSPS) is 16.1. The Kier molecular flexibility index (Phi) is 6.81. The second-order valence-electron chi connectivity index (χ2n) is 6.21. The molecular weight excluding hydrogens is 361 g/mol. The molecule has 0 spiro atoms. The maximum Gasteiger partial charge on any atom is 0.276 e. The Hall–Kier alpha value is -1.63. The maximum atomic E-state index is 12.7. The van der Waals surface area contributed by atoms with E-state index in [0.717, 1.165) is 31.5 Å². The number of amides is 1. The average Bonchev–Trinajstić information content (AvgIpc) is 3.10. The molecule has 0 saturated carbocycles. The first-order chi connectivity index (χ1) is 11.6. The van der Waals surface area contributed by atoms with E-state index in [4.69, 9.17) is 11.6 Å². The molecule has 1 unspecified atom stereocenters. The van der Waals surface area contributed by atoms with Crippen LogP contribution in [0.2, 0.25) is 5.02 Å². The largest absolute Gasteiger partial charge is 0.334 e. The monoisotopic (exact) mass is 383 g/mol. The molecule has 1 fully saturated rings. The van der Waals surface area contributed by atoms with Crippen molar-refractivity contribution in [3.8, 4) is 0 Å². The number of carbonyl (C=O) groups excluding carboxylic acids is 1. The van der Waals surface area contributed by atoms with Gasteiger partial charge in [-0.1, -0.05) is 28.9 Å². The molecule has 1 atom stereocenters. The van der Waals surface area contributed by atoms with Crippen LogP contribution < -0.4 is 5.32 Å². The van der Waals surface area contributed by atoms with Crippen molar-refractivity contribution in [1.82, 2.24) is 25.2 Å². The summed E-state index contributed by atoms with van der Waals surface area (Å²) in [4.78, 5) is 14.4. The predicted octanol–water partition coefficient (Wildman–Crippen LogP) is 3.11. The van der Waals surface area contributed by atoms with Gasteiger partial charge in [0.2, 0.25) is 0 Å². The molecule has 1 saturated heterocycles. The molecule has 6 nitrogen and oxygen atoms in total. The van der Waals surface area contributed by atoms with Gasteiger partial charge in [-0.05, 0) is 50.6 Å². The lowest BCUT2D eigenvalue weighted by Gasteiger charge is -2.24. The highest BCUT2D eigenvalue weighted by Gasteiger charge is 2.23. The van der Waals surface area contributed by atoms with Gasteiger partial charge < -0.3 is 10.2 Å². The van der Waals surface area contributed by atoms with Gasteiger partial charge in [-0.15, -0.1) is 17.5 Å². The summed E-state index contributed by atoms with van der Waals surface area (Å²) >= 11 is 6.05. The molecule has 1 amide bonds. The van der Waals surface area contributed by atoms with Crippen molar-refractivity contribution in [2.45, 2.75) is 31.8 Å². The van der Waals surface area contributed by atoms with Crippen molar-refractivity contribution in [2.75, 3.05) is 20.1 Å². The standard InChI is InChI=1S/C17H22ClN5O.ClH/c1-12(13-4-3-5-14(18)10-13)22(2)17(24)16-11-23(21-20-16)15-6-8-19-9-7-15;/h3-5,10-12,15,19H,6-9H2,1-2H3;1H. The van der Waals surface area contributed by atoms with Crippen LogP contribution in [-0.4, -0.2) is 45.9 Å². The van der Waals surface area contributed by atoms with Gasteiger partial charge in [0.15, 0.2) is 5.69 Å². The third-order valence-corrected chi connectivity index (χ3v) is 4.88. The Bertz CT molecular complexity index is 715. The first-order valence-corrected chi connectivity index (χ1v) is 8.59. The van der Waals surface area contributed by atoms with E-state index in [1.165, 1.54) is 0 Å². The van der Waals surface area contributed by atoms with Crippen LogP contribution in [0.3, 0.4) is 0 Å². The van der Waals surface area contributed by atoms with E-state index in [1.54, 1.807) is 18.1 Å². The fraction of sp³-hybridized carbons (Fsp3) is 0.471. The summed E-state index contributed by atoms with van der Waals surface area (Å²) < 4.78 is 1.83. The number of nitrogens with zero attached hydrogens (tertiary/aromatic N) is 4. The third kappa shape index (κ3) is 4.51. The zero-order chi connectivity index (χ0) is 17.1. The van der Waals surface area contributed by atoms with Gasteiger partial charge in [-0.3, -0.25) is 4.79 Å². The van der Waals surface area contributed by atoms with Gasteiger partial charge in [0.1, 0.15) is 0 Å².